The molecule has 1 aliphatic rings. The molecule has 1 aliphatic heterocycles. The molecule has 1 heterocycles. The summed E-state index contributed by atoms with van der Waals surface area (Å²) in [5.41, 5.74) is 8.40. The van der Waals surface area contributed by atoms with E-state index in [-0.39, 0.29) is 6.04 Å². The molecule has 0 aromatic heterocycles. The molecule has 1 unspecified atom stereocenters. The number of carbonyl (C=O) groups is 1. The van der Waals surface area contributed by atoms with Gasteiger partial charge in [-0.25, -0.2) is 9.80 Å². The number of nitrogens with two attached hydrogens (primary N) is 1. The minimum Gasteiger partial charge on any atom is -0.350 e. The first-order valence-electron chi connectivity index (χ1n) is 6.52. The molecule has 20 heavy (non-hydrogen) atoms. The van der Waals surface area contributed by atoms with Gasteiger partial charge in [-0.05, 0) is 11.1 Å². The van der Waals surface area contributed by atoms with E-state index in [1.54, 1.807) is 0 Å². The Bertz CT molecular complexity index is 637. The van der Waals surface area contributed by atoms with E-state index in [0.717, 1.165) is 16.8 Å². The summed E-state index contributed by atoms with van der Waals surface area (Å²) in [5.74, 6) is 0. The zero-order chi connectivity index (χ0) is 13.9. The van der Waals surface area contributed by atoms with E-state index in [9.17, 15) is 4.79 Å². The van der Waals surface area contributed by atoms with Crippen LogP contribution in [0.4, 0.5) is 4.79 Å². The Kier molecular flexibility index (Phi) is 3.21. The summed E-state index contributed by atoms with van der Waals surface area (Å²) in [6, 6.07) is 19.1. The second-order valence-corrected chi connectivity index (χ2v) is 4.73. The van der Waals surface area contributed by atoms with E-state index in [0.29, 0.717) is 6.42 Å². The van der Waals surface area contributed by atoms with Gasteiger partial charge in [0, 0.05) is 6.42 Å². The van der Waals surface area contributed by atoms with E-state index in [1.165, 1.54) is 5.01 Å². The number of carbonyl (C=O) groups excluding carboxylic acids is 1. The van der Waals surface area contributed by atoms with Crippen molar-refractivity contribution >= 4 is 11.7 Å². The molecule has 100 valence electrons. The number of hydrazone groups is 1. The van der Waals surface area contributed by atoms with Gasteiger partial charge in [-0.15, -0.1) is 0 Å². The van der Waals surface area contributed by atoms with Crippen LogP contribution in [0.15, 0.2) is 65.8 Å². The minimum absolute atomic E-state index is 0.121. The van der Waals surface area contributed by atoms with Crippen LogP contribution in [-0.2, 0) is 0 Å². The van der Waals surface area contributed by atoms with Gasteiger partial charge in [-0.2, -0.15) is 5.10 Å². The lowest BCUT2D eigenvalue weighted by Crippen LogP contribution is -2.31. The van der Waals surface area contributed by atoms with E-state index in [1.807, 2.05) is 60.7 Å². The molecule has 0 spiro atoms. The Morgan fingerprint density at radius 2 is 1.65 bits per heavy atom. The molecule has 0 bridgehead atoms. The lowest BCUT2D eigenvalue weighted by atomic mass is 9.99. The standard InChI is InChI=1S/C16H15N3O/c17-16(20)19-15(13-9-5-2-6-10-13)11-14(18-19)12-7-3-1-4-8-12/h1-10,15H,11H2,(H2,17,20). The Hall–Kier alpha value is -2.62. The van der Waals surface area contributed by atoms with Crippen LogP contribution in [0.1, 0.15) is 23.6 Å². The van der Waals surface area contributed by atoms with E-state index in [2.05, 4.69) is 5.10 Å². The van der Waals surface area contributed by atoms with Crippen LogP contribution in [-0.4, -0.2) is 16.8 Å². The highest BCUT2D eigenvalue weighted by atomic mass is 16.2. The second-order valence-electron chi connectivity index (χ2n) is 4.73. The summed E-state index contributed by atoms with van der Waals surface area (Å²) in [4.78, 5) is 11.6. The maximum absolute atomic E-state index is 11.6. The zero-order valence-electron chi connectivity index (χ0n) is 10.9. The summed E-state index contributed by atoms with van der Waals surface area (Å²) in [5, 5.41) is 5.76. The van der Waals surface area contributed by atoms with Crippen molar-refractivity contribution in [3.63, 3.8) is 0 Å². The molecule has 0 fully saturated rings. The average Bonchev–Trinajstić information content (AvgIpc) is 2.94. The molecule has 2 aromatic carbocycles. The Morgan fingerprint density at radius 3 is 2.25 bits per heavy atom. The number of hydrogen-bond donors (Lipinski definition) is 1. The summed E-state index contributed by atoms with van der Waals surface area (Å²) >= 11 is 0. The summed E-state index contributed by atoms with van der Waals surface area (Å²) < 4.78 is 0. The topological polar surface area (TPSA) is 58.7 Å². The van der Waals surface area contributed by atoms with Crippen molar-refractivity contribution in [2.24, 2.45) is 10.8 Å². The molecular weight excluding hydrogens is 250 g/mol. The van der Waals surface area contributed by atoms with Crippen LogP contribution in [0.5, 0.6) is 0 Å². The fourth-order valence-corrected chi connectivity index (χ4v) is 2.45. The predicted octanol–water partition coefficient (Wildman–Crippen LogP) is 2.92. The van der Waals surface area contributed by atoms with Crippen LogP contribution in [0, 0.1) is 0 Å². The average molecular weight is 265 g/mol. The number of rotatable bonds is 2. The molecular formula is C16H15N3O. The number of hydrogen-bond acceptors (Lipinski definition) is 2. The molecule has 0 aliphatic carbocycles. The van der Waals surface area contributed by atoms with Crippen LogP contribution >= 0.6 is 0 Å². The van der Waals surface area contributed by atoms with Crippen LogP contribution in [0.25, 0.3) is 0 Å². The van der Waals surface area contributed by atoms with Gasteiger partial charge in [0.05, 0.1) is 11.8 Å². The molecule has 2 aromatic rings. The molecule has 0 radical (unpaired) electrons. The van der Waals surface area contributed by atoms with Crippen molar-refractivity contribution in [2.75, 3.05) is 0 Å². The van der Waals surface area contributed by atoms with Crippen LogP contribution < -0.4 is 5.73 Å². The number of benzene rings is 2. The number of urea groups is 1. The second kappa shape index (κ2) is 5.17. The van der Waals surface area contributed by atoms with Crippen molar-refractivity contribution in [2.45, 2.75) is 12.5 Å². The largest absolute Gasteiger partial charge is 0.350 e. The summed E-state index contributed by atoms with van der Waals surface area (Å²) in [6.45, 7) is 0. The van der Waals surface area contributed by atoms with Gasteiger partial charge < -0.3 is 5.73 Å². The fraction of sp³-hybridized carbons (Fsp3) is 0.125. The molecule has 4 nitrogen and oxygen atoms in total. The first-order valence-corrected chi connectivity index (χ1v) is 6.52. The van der Waals surface area contributed by atoms with Crippen molar-refractivity contribution in [3.05, 3.63) is 71.8 Å². The SMILES string of the molecule is NC(=O)N1N=C(c2ccccc2)CC1c1ccccc1. The van der Waals surface area contributed by atoms with E-state index >= 15 is 0 Å². The third-order valence-corrected chi connectivity index (χ3v) is 3.43. The number of nitrogens with zero attached hydrogens (tertiary/aromatic N) is 2. The fourth-order valence-electron chi connectivity index (χ4n) is 2.45. The lowest BCUT2D eigenvalue weighted by Gasteiger charge is -2.19. The van der Waals surface area contributed by atoms with Gasteiger partial charge in [-0.1, -0.05) is 60.7 Å². The van der Waals surface area contributed by atoms with Crippen molar-refractivity contribution < 1.29 is 4.79 Å². The lowest BCUT2D eigenvalue weighted by molar-refractivity contribution is 0.196. The Balaban J connectivity index is 1.94. The quantitative estimate of drug-likeness (QED) is 0.891. The van der Waals surface area contributed by atoms with Gasteiger partial charge in [0.15, 0.2) is 0 Å². The first kappa shape index (κ1) is 12.4. The molecule has 2 N–H and O–H groups in total. The van der Waals surface area contributed by atoms with Gasteiger partial charge >= 0.3 is 6.03 Å². The molecule has 0 saturated carbocycles. The number of amides is 2. The highest BCUT2D eigenvalue weighted by Crippen LogP contribution is 2.32. The molecule has 4 heteroatoms. The summed E-state index contributed by atoms with van der Waals surface area (Å²) in [6.07, 6.45) is 0.678. The third kappa shape index (κ3) is 2.28. The van der Waals surface area contributed by atoms with E-state index < -0.39 is 6.03 Å². The maximum atomic E-state index is 11.6. The van der Waals surface area contributed by atoms with Gasteiger partial charge in [0.1, 0.15) is 0 Å². The Labute approximate surface area is 117 Å². The zero-order valence-corrected chi connectivity index (χ0v) is 10.9. The van der Waals surface area contributed by atoms with E-state index in [4.69, 9.17) is 5.73 Å². The molecule has 0 saturated heterocycles. The Morgan fingerprint density at radius 1 is 1.05 bits per heavy atom. The van der Waals surface area contributed by atoms with Gasteiger partial charge in [0.2, 0.25) is 0 Å². The van der Waals surface area contributed by atoms with Crippen molar-refractivity contribution in [1.29, 1.82) is 0 Å². The smallest absolute Gasteiger partial charge is 0.335 e. The van der Waals surface area contributed by atoms with Gasteiger partial charge in [-0.3, -0.25) is 0 Å². The molecule has 2 amide bonds. The van der Waals surface area contributed by atoms with Crippen molar-refractivity contribution in [3.8, 4) is 0 Å². The molecule has 3 rings (SSSR count). The van der Waals surface area contributed by atoms with Crippen molar-refractivity contribution in [1.82, 2.24) is 5.01 Å². The normalized spacial score (nSPS) is 17.9. The van der Waals surface area contributed by atoms with Gasteiger partial charge in [0.25, 0.3) is 0 Å². The first-order chi connectivity index (χ1) is 9.75. The van der Waals surface area contributed by atoms with Crippen LogP contribution in [0.3, 0.4) is 0 Å². The predicted molar refractivity (Wildman–Crippen MR) is 78.2 cm³/mol. The maximum Gasteiger partial charge on any atom is 0.335 e. The monoisotopic (exact) mass is 265 g/mol. The van der Waals surface area contributed by atoms with Crippen LogP contribution in [0.2, 0.25) is 0 Å². The molecule has 1 atom stereocenters. The highest BCUT2D eigenvalue weighted by molar-refractivity contribution is 6.03. The number of primary amides is 1. The third-order valence-electron chi connectivity index (χ3n) is 3.43. The highest BCUT2D eigenvalue weighted by Gasteiger charge is 2.31. The summed E-state index contributed by atoms with van der Waals surface area (Å²) in [7, 11) is 0. The minimum atomic E-state index is -0.523.